The van der Waals surface area contributed by atoms with Crippen LogP contribution in [-0.4, -0.2) is 19.0 Å². The second-order valence-corrected chi connectivity index (χ2v) is 3.99. The Bertz CT molecular complexity index is 419. The van der Waals surface area contributed by atoms with Gasteiger partial charge in [0.15, 0.2) is 5.96 Å². The normalized spacial score (nSPS) is 14.7. The van der Waals surface area contributed by atoms with Gasteiger partial charge in [-0.05, 0) is 28.1 Å². The number of halogens is 2. The maximum absolute atomic E-state index is 13.0. The van der Waals surface area contributed by atoms with Crippen LogP contribution in [0.4, 0.5) is 15.8 Å². The summed E-state index contributed by atoms with van der Waals surface area (Å²) in [7, 11) is 0. The molecule has 2 rings (SSSR count). The summed E-state index contributed by atoms with van der Waals surface area (Å²) < 4.78 is 13.7. The smallest absolute Gasteiger partial charge is 0.195 e. The van der Waals surface area contributed by atoms with E-state index in [1.165, 1.54) is 12.1 Å². The Kier molecular flexibility index (Phi) is 2.77. The van der Waals surface area contributed by atoms with Crippen LogP contribution in [-0.2, 0) is 0 Å². The number of rotatable bonds is 1. The minimum Gasteiger partial charge on any atom is -0.396 e. The van der Waals surface area contributed by atoms with Gasteiger partial charge in [-0.3, -0.25) is 4.99 Å². The average Bonchev–Trinajstić information content (AvgIpc) is 2.67. The van der Waals surface area contributed by atoms with Gasteiger partial charge in [0.1, 0.15) is 5.82 Å². The molecule has 1 aromatic rings. The average molecular weight is 273 g/mol. The number of guanidine groups is 1. The zero-order chi connectivity index (χ0) is 10.8. The zero-order valence-electron chi connectivity index (χ0n) is 7.85. The molecule has 6 heteroatoms. The van der Waals surface area contributed by atoms with E-state index < -0.39 is 5.82 Å². The molecular weight excluding hydrogens is 263 g/mol. The molecule has 0 unspecified atom stereocenters. The summed E-state index contributed by atoms with van der Waals surface area (Å²) >= 11 is 3.25. The van der Waals surface area contributed by atoms with Crippen LogP contribution in [0, 0.1) is 5.82 Å². The first-order valence-corrected chi connectivity index (χ1v) is 5.26. The molecule has 0 spiro atoms. The van der Waals surface area contributed by atoms with E-state index in [4.69, 9.17) is 5.73 Å². The predicted octanol–water partition coefficient (Wildman–Crippen LogP) is 1.54. The lowest BCUT2D eigenvalue weighted by atomic mass is 10.2. The van der Waals surface area contributed by atoms with Gasteiger partial charge in [-0.15, -0.1) is 0 Å². The highest BCUT2D eigenvalue weighted by molar-refractivity contribution is 9.10. The number of hydrogen-bond acceptors (Lipinski definition) is 4. The lowest BCUT2D eigenvalue weighted by molar-refractivity contribution is 0.632. The number of hydrogen-bond donors (Lipinski definition) is 3. The SMILES string of the molecule is Nc1cc(NC2=NCCN2)c(Br)cc1F. The van der Waals surface area contributed by atoms with Crippen molar-refractivity contribution >= 4 is 33.3 Å². The van der Waals surface area contributed by atoms with Gasteiger partial charge in [-0.25, -0.2) is 4.39 Å². The molecule has 1 aliphatic heterocycles. The highest BCUT2D eigenvalue weighted by Crippen LogP contribution is 2.27. The van der Waals surface area contributed by atoms with Crippen molar-refractivity contribution in [2.24, 2.45) is 4.99 Å². The second kappa shape index (κ2) is 4.06. The molecule has 15 heavy (non-hydrogen) atoms. The minimum absolute atomic E-state index is 0.110. The third kappa shape index (κ3) is 2.20. The Balaban J connectivity index is 2.24. The van der Waals surface area contributed by atoms with Crippen LogP contribution in [0.1, 0.15) is 0 Å². The zero-order valence-corrected chi connectivity index (χ0v) is 9.44. The highest BCUT2D eigenvalue weighted by Gasteiger charge is 2.09. The number of nitrogens with zero attached hydrogens (tertiary/aromatic N) is 1. The first kappa shape index (κ1) is 10.2. The van der Waals surface area contributed by atoms with E-state index in [1.807, 2.05) is 0 Å². The summed E-state index contributed by atoms with van der Waals surface area (Å²) in [6, 6.07) is 2.86. The third-order valence-electron chi connectivity index (χ3n) is 2.01. The fraction of sp³-hybridized carbons (Fsp3) is 0.222. The number of benzene rings is 1. The topological polar surface area (TPSA) is 62.4 Å². The Morgan fingerprint density at radius 1 is 1.53 bits per heavy atom. The fourth-order valence-electron chi connectivity index (χ4n) is 1.27. The third-order valence-corrected chi connectivity index (χ3v) is 2.67. The van der Waals surface area contributed by atoms with Gasteiger partial charge < -0.3 is 16.4 Å². The number of anilines is 2. The van der Waals surface area contributed by atoms with Crippen LogP contribution >= 0.6 is 15.9 Å². The molecule has 1 aromatic carbocycles. The van der Waals surface area contributed by atoms with Crippen molar-refractivity contribution < 1.29 is 4.39 Å². The maximum Gasteiger partial charge on any atom is 0.195 e. The Labute approximate surface area is 94.9 Å². The molecule has 0 atom stereocenters. The molecule has 1 aliphatic rings. The number of nitrogen functional groups attached to an aromatic ring is 1. The molecule has 0 bridgehead atoms. The molecule has 4 N–H and O–H groups in total. The molecule has 4 nitrogen and oxygen atoms in total. The summed E-state index contributed by atoms with van der Waals surface area (Å²) in [5, 5.41) is 6.07. The second-order valence-electron chi connectivity index (χ2n) is 3.14. The monoisotopic (exact) mass is 272 g/mol. The van der Waals surface area contributed by atoms with Crippen molar-refractivity contribution in [2.75, 3.05) is 24.1 Å². The summed E-state index contributed by atoms with van der Waals surface area (Å²) in [4.78, 5) is 4.16. The highest BCUT2D eigenvalue weighted by atomic mass is 79.9. The van der Waals surface area contributed by atoms with Crippen LogP contribution in [0.2, 0.25) is 0 Å². The van der Waals surface area contributed by atoms with Crippen LogP contribution in [0.5, 0.6) is 0 Å². The van der Waals surface area contributed by atoms with Crippen LogP contribution < -0.4 is 16.4 Å². The van der Waals surface area contributed by atoms with E-state index in [-0.39, 0.29) is 5.69 Å². The Morgan fingerprint density at radius 2 is 2.33 bits per heavy atom. The van der Waals surface area contributed by atoms with E-state index >= 15 is 0 Å². The van der Waals surface area contributed by atoms with E-state index in [1.54, 1.807) is 0 Å². The number of nitrogens with two attached hydrogens (primary N) is 1. The van der Waals surface area contributed by atoms with Crippen molar-refractivity contribution in [3.8, 4) is 0 Å². The lowest BCUT2D eigenvalue weighted by Gasteiger charge is -2.09. The van der Waals surface area contributed by atoms with E-state index in [9.17, 15) is 4.39 Å². The molecule has 0 aliphatic carbocycles. The van der Waals surface area contributed by atoms with Crippen LogP contribution in [0.15, 0.2) is 21.6 Å². The minimum atomic E-state index is -0.436. The summed E-state index contributed by atoms with van der Waals surface area (Å²) in [5.41, 5.74) is 6.27. The number of aliphatic imine (C=N–C) groups is 1. The lowest BCUT2D eigenvalue weighted by Crippen LogP contribution is -2.26. The van der Waals surface area contributed by atoms with Crippen molar-refractivity contribution in [3.05, 3.63) is 22.4 Å². The van der Waals surface area contributed by atoms with Crippen LogP contribution in [0.3, 0.4) is 0 Å². The maximum atomic E-state index is 13.0. The molecule has 80 valence electrons. The number of nitrogens with one attached hydrogen (secondary N) is 2. The molecule has 0 aromatic heterocycles. The van der Waals surface area contributed by atoms with Gasteiger partial charge in [-0.2, -0.15) is 0 Å². The summed E-state index contributed by atoms with van der Waals surface area (Å²) in [5.74, 6) is 0.246. The van der Waals surface area contributed by atoms with Gasteiger partial charge in [0.05, 0.1) is 17.9 Å². The molecule has 0 saturated heterocycles. The van der Waals surface area contributed by atoms with Gasteiger partial charge >= 0.3 is 0 Å². The molecule has 0 amide bonds. The Morgan fingerprint density at radius 3 is 3.00 bits per heavy atom. The quantitative estimate of drug-likeness (QED) is 0.680. The first-order valence-electron chi connectivity index (χ1n) is 4.46. The van der Waals surface area contributed by atoms with Gasteiger partial charge in [-0.1, -0.05) is 0 Å². The van der Waals surface area contributed by atoms with Crippen molar-refractivity contribution in [1.29, 1.82) is 0 Å². The summed E-state index contributed by atoms with van der Waals surface area (Å²) in [6.07, 6.45) is 0. The molecule has 0 radical (unpaired) electrons. The van der Waals surface area contributed by atoms with E-state index in [0.29, 0.717) is 16.1 Å². The molecule has 0 saturated carbocycles. The van der Waals surface area contributed by atoms with E-state index in [2.05, 4.69) is 31.6 Å². The van der Waals surface area contributed by atoms with Gasteiger partial charge in [0, 0.05) is 11.0 Å². The van der Waals surface area contributed by atoms with Gasteiger partial charge in [0.25, 0.3) is 0 Å². The predicted molar refractivity (Wildman–Crippen MR) is 62.4 cm³/mol. The first-order chi connectivity index (χ1) is 7.16. The molecular formula is C9H10BrFN4. The largest absolute Gasteiger partial charge is 0.396 e. The molecule has 0 fully saturated rings. The summed E-state index contributed by atoms with van der Waals surface area (Å²) in [6.45, 7) is 1.56. The molecule has 1 heterocycles. The van der Waals surface area contributed by atoms with E-state index in [0.717, 1.165) is 13.1 Å². The fourth-order valence-corrected chi connectivity index (χ4v) is 1.69. The standard InChI is InChI=1S/C9H10BrFN4/c10-5-3-6(11)7(12)4-8(5)15-9-13-1-2-14-9/h3-4H,1-2,12H2,(H2,13,14,15). The van der Waals surface area contributed by atoms with Crippen molar-refractivity contribution in [2.45, 2.75) is 0 Å². The van der Waals surface area contributed by atoms with Crippen molar-refractivity contribution in [3.63, 3.8) is 0 Å². The van der Waals surface area contributed by atoms with Crippen molar-refractivity contribution in [1.82, 2.24) is 5.32 Å². The Hall–Kier alpha value is -1.30. The van der Waals surface area contributed by atoms with Gasteiger partial charge in [0.2, 0.25) is 0 Å². The van der Waals surface area contributed by atoms with Crippen LogP contribution in [0.25, 0.3) is 0 Å².